The number of benzene rings is 3. The molecule has 0 aromatic heterocycles. The Kier molecular flexibility index (Phi) is 6.24. The Labute approximate surface area is 262 Å². The minimum atomic E-state index is 0.391. The van der Waals surface area contributed by atoms with Crippen LogP contribution in [0.3, 0.4) is 0 Å². The number of hydrogen-bond acceptors (Lipinski definition) is 2. The summed E-state index contributed by atoms with van der Waals surface area (Å²) in [7, 11) is 2.34. The second-order valence-corrected chi connectivity index (χ2v) is 13.8. The van der Waals surface area contributed by atoms with Gasteiger partial charge in [0.15, 0.2) is 0 Å². The summed E-state index contributed by atoms with van der Waals surface area (Å²) in [6.07, 6.45) is 21.2. The molecule has 6 unspecified atom stereocenters. The highest BCUT2D eigenvalue weighted by Gasteiger charge is 2.54. The first-order valence-electron chi connectivity index (χ1n) is 17.0. The maximum Gasteiger partial charge on any atom is 0.0825 e. The molecule has 6 aliphatic rings. The molecule has 0 bridgehead atoms. The van der Waals surface area contributed by atoms with Crippen molar-refractivity contribution < 1.29 is 0 Å². The lowest BCUT2D eigenvalue weighted by molar-refractivity contribution is 0.199. The summed E-state index contributed by atoms with van der Waals surface area (Å²) in [6.45, 7) is 2.34. The lowest BCUT2D eigenvalue weighted by Crippen LogP contribution is -2.45. The maximum atomic E-state index is 2.70. The Morgan fingerprint density at radius 1 is 0.614 bits per heavy atom. The van der Waals surface area contributed by atoms with Crippen LogP contribution >= 0.6 is 0 Å². The first-order valence-corrected chi connectivity index (χ1v) is 17.0. The van der Waals surface area contributed by atoms with Gasteiger partial charge in [0.05, 0.1) is 12.2 Å². The van der Waals surface area contributed by atoms with E-state index < -0.39 is 0 Å². The Bertz CT molecular complexity index is 1740. The lowest BCUT2D eigenvalue weighted by atomic mass is 9.46. The van der Waals surface area contributed by atoms with Crippen molar-refractivity contribution in [3.8, 4) is 11.1 Å². The zero-order valence-corrected chi connectivity index (χ0v) is 25.9. The van der Waals surface area contributed by atoms with Crippen LogP contribution < -0.4 is 4.90 Å². The lowest BCUT2D eigenvalue weighted by Gasteiger charge is -2.57. The number of anilines is 1. The van der Waals surface area contributed by atoms with Crippen LogP contribution in [-0.4, -0.2) is 30.2 Å². The molecule has 3 fully saturated rings. The molecule has 2 saturated carbocycles. The summed E-state index contributed by atoms with van der Waals surface area (Å²) in [5.41, 5.74) is 13.3. The largest absolute Gasteiger partial charge is 0.348 e. The third kappa shape index (κ3) is 3.83. The maximum absolute atomic E-state index is 2.70. The molecule has 0 N–H and O–H groups in total. The molecule has 0 amide bonds. The van der Waals surface area contributed by atoms with Crippen molar-refractivity contribution in [3.05, 3.63) is 138 Å². The van der Waals surface area contributed by atoms with Crippen LogP contribution in [0.1, 0.15) is 50.2 Å². The zero-order chi connectivity index (χ0) is 29.4. The number of nitrogens with zero attached hydrogens (tertiary/aromatic N) is 2. The fourth-order valence-corrected chi connectivity index (χ4v) is 9.65. The first-order chi connectivity index (χ1) is 21.7. The van der Waals surface area contributed by atoms with Gasteiger partial charge < -0.3 is 4.90 Å². The normalized spacial score (nSPS) is 31.7. The number of fused-ring (bicyclic) bond motifs is 6. The van der Waals surface area contributed by atoms with Crippen molar-refractivity contribution in [2.24, 2.45) is 23.7 Å². The van der Waals surface area contributed by atoms with Gasteiger partial charge in [0, 0.05) is 23.6 Å². The highest BCUT2D eigenvalue weighted by molar-refractivity contribution is 5.93. The van der Waals surface area contributed by atoms with Crippen LogP contribution in [0.5, 0.6) is 0 Å². The summed E-state index contributed by atoms with van der Waals surface area (Å²) >= 11 is 0. The third-order valence-corrected chi connectivity index (χ3v) is 11.8. The van der Waals surface area contributed by atoms with Crippen LogP contribution in [0.4, 0.5) is 5.69 Å². The quantitative estimate of drug-likeness (QED) is 0.280. The molecule has 3 aromatic rings. The predicted molar refractivity (Wildman–Crippen MR) is 184 cm³/mol. The predicted octanol–water partition coefficient (Wildman–Crippen LogP) is 9.55. The number of allylic oxidation sites excluding steroid dienone is 9. The molecule has 0 spiro atoms. The molecule has 5 aliphatic carbocycles. The zero-order valence-electron chi connectivity index (χ0n) is 25.9. The molecule has 44 heavy (non-hydrogen) atoms. The summed E-state index contributed by atoms with van der Waals surface area (Å²) < 4.78 is 0. The van der Waals surface area contributed by atoms with Crippen molar-refractivity contribution >= 4 is 16.8 Å². The van der Waals surface area contributed by atoms with Crippen molar-refractivity contribution in [2.45, 2.75) is 57.3 Å². The first kappa shape index (κ1) is 26.5. The van der Waals surface area contributed by atoms with E-state index in [4.69, 9.17) is 0 Å². The van der Waals surface area contributed by atoms with Gasteiger partial charge in [-0.2, -0.15) is 0 Å². The van der Waals surface area contributed by atoms with Crippen LogP contribution in [0.15, 0.2) is 126 Å². The Balaban J connectivity index is 1.12. The molecular formula is C42H42N2. The van der Waals surface area contributed by atoms with Gasteiger partial charge in [0.2, 0.25) is 0 Å². The topological polar surface area (TPSA) is 6.48 Å². The third-order valence-electron chi connectivity index (χ3n) is 11.8. The van der Waals surface area contributed by atoms with E-state index in [9.17, 15) is 0 Å². The molecule has 7 atom stereocenters. The minimum absolute atomic E-state index is 0.391. The van der Waals surface area contributed by atoms with Gasteiger partial charge in [-0.25, -0.2) is 0 Å². The molecule has 220 valence electrons. The summed E-state index contributed by atoms with van der Waals surface area (Å²) in [6, 6.07) is 31.1. The van der Waals surface area contributed by atoms with E-state index >= 15 is 0 Å². The molecule has 1 aliphatic heterocycles. The second-order valence-electron chi connectivity index (χ2n) is 13.8. The van der Waals surface area contributed by atoms with E-state index in [1.165, 1.54) is 53.6 Å². The Morgan fingerprint density at radius 3 is 1.77 bits per heavy atom. The molecule has 0 radical (unpaired) electrons. The molecule has 2 heteroatoms. The Morgan fingerprint density at radius 2 is 1.18 bits per heavy atom. The van der Waals surface area contributed by atoms with E-state index in [1.807, 2.05) is 0 Å². The van der Waals surface area contributed by atoms with Gasteiger partial charge >= 0.3 is 0 Å². The number of hydrogen-bond donors (Lipinski definition) is 0. The van der Waals surface area contributed by atoms with E-state index in [0.717, 1.165) is 18.3 Å². The number of likely N-dealkylation sites (N-methyl/N-ethyl adjacent to an activating group) is 1. The van der Waals surface area contributed by atoms with Crippen LogP contribution in [-0.2, 0) is 0 Å². The van der Waals surface area contributed by atoms with Crippen molar-refractivity contribution in [1.82, 2.24) is 4.90 Å². The SMILES string of the molecule is CCC1N(c2ccc(C3=C4C(=C(c5ccc(-c6ccccc6)cc5)C5C=CC=CC35)C3CCC43)cc2)C2C=CCC[C@@H]2N1C. The van der Waals surface area contributed by atoms with Crippen molar-refractivity contribution in [1.29, 1.82) is 0 Å². The van der Waals surface area contributed by atoms with E-state index in [-0.39, 0.29) is 0 Å². The highest BCUT2D eigenvalue weighted by Crippen LogP contribution is 2.67. The standard InChI is InChI=1S/C42H42N2/c1-3-38-43(2)36-15-9-10-16-37(36)44(38)31-23-21-30(22-24-31)40-33-14-8-7-13-32(33)39(41-34-25-26-35(34)42(40)41)29-19-17-28(18-20-29)27-11-5-4-6-12-27/h4-8,10-14,16-24,32-38H,3,9,15,25-26H2,1-2H3/t32?,33?,34?,35?,36-,37?,38?/m0/s1. The fourth-order valence-electron chi connectivity index (χ4n) is 9.65. The van der Waals surface area contributed by atoms with Gasteiger partial charge in [0.1, 0.15) is 0 Å². The summed E-state index contributed by atoms with van der Waals surface area (Å²) in [5, 5.41) is 0. The average molecular weight is 575 g/mol. The van der Waals surface area contributed by atoms with E-state index in [1.54, 1.807) is 22.3 Å². The molecule has 2 nitrogen and oxygen atoms in total. The summed E-state index contributed by atoms with van der Waals surface area (Å²) in [4.78, 5) is 5.33. The molecule has 1 heterocycles. The van der Waals surface area contributed by atoms with E-state index in [0.29, 0.717) is 30.1 Å². The van der Waals surface area contributed by atoms with Gasteiger partial charge in [-0.05, 0) is 108 Å². The van der Waals surface area contributed by atoms with Crippen LogP contribution in [0, 0.1) is 23.7 Å². The summed E-state index contributed by atoms with van der Waals surface area (Å²) in [5.74, 6) is 2.26. The van der Waals surface area contributed by atoms with E-state index in [2.05, 4.69) is 139 Å². The Hall–Kier alpha value is -3.88. The van der Waals surface area contributed by atoms with Crippen LogP contribution in [0.2, 0.25) is 0 Å². The monoisotopic (exact) mass is 574 g/mol. The van der Waals surface area contributed by atoms with Gasteiger partial charge in [-0.3, -0.25) is 4.90 Å². The fraction of sp³-hybridized carbons (Fsp3) is 0.333. The highest BCUT2D eigenvalue weighted by atomic mass is 15.4. The van der Waals surface area contributed by atoms with Crippen LogP contribution in [0.25, 0.3) is 22.3 Å². The number of rotatable bonds is 5. The molecule has 3 aromatic carbocycles. The molecular weight excluding hydrogens is 532 g/mol. The molecule has 1 saturated heterocycles. The molecule has 9 rings (SSSR count). The van der Waals surface area contributed by atoms with Crippen molar-refractivity contribution in [2.75, 3.05) is 11.9 Å². The second kappa shape index (κ2) is 10.3. The average Bonchev–Trinajstić information content (AvgIpc) is 3.36. The van der Waals surface area contributed by atoms with Gasteiger partial charge in [-0.15, -0.1) is 0 Å². The van der Waals surface area contributed by atoms with Gasteiger partial charge in [0.25, 0.3) is 0 Å². The smallest absolute Gasteiger partial charge is 0.0825 e. The minimum Gasteiger partial charge on any atom is -0.348 e. The van der Waals surface area contributed by atoms with Gasteiger partial charge in [-0.1, -0.05) is 110 Å². The van der Waals surface area contributed by atoms with Crippen molar-refractivity contribution in [3.63, 3.8) is 0 Å².